The Morgan fingerprint density at radius 3 is 2.44 bits per heavy atom. The highest BCUT2D eigenvalue weighted by Crippen LogP contribution is 2.38. The summed E-state index contributed by atoms with van der Waals surface area (Å²) in [5, 5.41) is 10.7. The van der Waals surface area contributed by atoms with E-state index in [-0.39, 0.29) is 0 Å². The van der Waals surface area contributed by atoms with Crippen molar-refractivity contribution in [3.05, 3.63) is 34.9 Å². The van der Waals surface area contributed by atoms with E-state index >= 15 is 0 Å². The van der Waals surface area contributed by atoms with Gasteiger partial charge in [0.05, 0.1) is 5.60 Å². The Balaban J connectivity index is 2.27. The topological polar surface area (TPSA) is 20.2 Å². The molecule has 1 nitrogen and oxygen atoms in total. The van der Waals surface area contributed by atoms with Crippen LogP contribution < -0.4 is 0 Å². The third-order valence-corrected chi connectivity index (χ3v) is 4.29. The smallest absolute Gasteiger partial charge is 0.0713 e. The standard InChI is InChI=1S/C15H22O/c1-11-6-4-7-12(2)14(11)10-15(16)9-5-8-13(15)3/h4,6-7,13,16H,5,8-10H2,1-3H3. The molecular formula is C15H22O. The molecule has 0 aromatic heterocycles. The van der Waals surface area contributed by atoms with Gasteiger partial charge >= 0.3 is 0 Å². The van der Waals surface area contributed by atoms with E-state index in [0.717, 1.165) is 12.8 Å². The van der Waals surface area contributed by atoms with Crippen molar-refractivity contribution in [2.75, 3.05) is 0 Å². The number of aliphatic hydroxyl groups is 1. The van der Waals surface area contributed by atoms with Crippen LogP contribution in [0, 0.1) is 19.8 Å². The Morgan fingerprint density at radius 2 is 1.94 bits per heavy atom. The minimum atomic E-state index is -0.461. The largest absolute Gasteiger partial charge is 0.389 e. The first kappa shape index (κ1) is 11.7. The monoisotopic (exact) mass is 218 g/mol. The molecule has 2 atom stereocenters. The maximum Gasteiger partial charge on any atom is 0.0713 e. The van der Waals surface area contributed by atoms with Crippen molar-refractivity contribution < 1.29 is 5.11 Å². The zero-order chi connectivity index (χ0) is 11.8. The molecule has 0 aliphatic heterocycles. The van der Waals surface area contributed by atoms with Crippen LogP contribution in [0.4, 0.5) is 0 Å². The molecule has 2 unspecified atom stereocenters. The van der Waals surface area contributed by atoms with Gasteiger partial charge in [-0.25, -0.2) is 0 Å². The molecule has 0 heterocycles. The van der Waals surface area contributed by atoms with Gasteiger partial charge < -0.3 is 5.11 Å². The minimum Gasteiger partial charge on any atom is -0.389 e. The van der Waals surface area contributed by atoms with Crippen molar-refractivity contribution in [3.63, 3.8) is 0 Å². The van der Waals surface area contributed by atoms with Gasteiger partial charge in [-0.05, 0) is 49.3 Å². The highest BCUT2D eigenvalue weighted by atomic mass is 16.3. The van der Waals surface area contributed by atoms with Crippen molar-refractivity contribution in [2.24, 2.45) is 5.92 Å². The van der Waals surface area contributed by atoms with Crippen molar-refractivity contribution in [1.82, 2.24) is 0 Å². The number of hydrogen-bond donors (Lipinski definition) is 1. The third kappa shape index (κ3) is 2.01. The molecule has 1 heteroatoms. The summed E-state index contributed by atoms with van der Waals surface area (Å²) in [5.41, 5.74) is 3.51. The van der Waals surface area contributed by atoms with E-state index in [1.54, 1.807) is 0 Å². The lowest BCUT2D eigenvalue weighted by Gasteiger charge is -2.29. The molecule has 16 heavy (non-hydrogen) atoms. The zero-order valence-corrected chi connectivity index (χ0v) is 10.6. The molecule has 0 amide bonds. The summed E-state index contributed by atoms with van der Waals surface area (Å²) in [7, 11) is 0. The molecule has 88 valence electrons. The van der Waals surface area contributed by atoms with E-state index in [4.69, 9.17) is 0 Å². The lowest BCUT2D eigenvalue weighted by Crippen LogP contribution is -2.34. The number of benzene rings is 1. The second-order valence-corrected chi connectivity index (χ2v) is 5.44. The van der Waals surface area contributed by atoms with Gasteiger partial charge in [0.2, 0.25) is 0 Å². The predicted molar refractivity (Wildman–Crippen MR) is 67.6 cm³/mol. The van der Waals surface area contributed by atoms with Crippen LogP contribution in [0.25, 0.3) is 0 Å². The molecule has 2 rings (SSSR count). The van der Waals surface area contributed by atoms with Gasteiger partial charge in [-0.2, -0.15) is 0 Å². The summed E-state index contributed by atoms with van der Waals surface area (Å²) in [6, 6.07) is 6.38. The predicted octanol–water partition coefficient (Wildman–Crippen LogP) is 3.40. The van der Waals surface area contributed by atoms with Crippen LogP contribution in [0.2, 0.25) is 0 Å². The number of hydrogen-bond acceptors (Lipinski definition) is 1. The van der Waals surface area contributed by atoms with Gasteiger partial charge in [0.25, 0.3) is 0 Å². The lowest BCUT2D eigenvalue weighted by atomic mass is 9.83. The molecular weight excluding hydrogens is 196 g/mol. The van der Waals surface area contributed by atoms with Crippen LogP contribution in [-0.4, -0.2) is 10.7 Å². The average molecular weight is 218 g/mol. The van der Waals surface area contributed by atoms with Crippen LogP contribution in [0.1, 0.15) is 42.9 Å². The molecule has 1 saturated carbocycles. The van der Waals surface area contributed by atoms with Crippen LogP contribution in [-0.2, 0) is 6.42 Å². The summed E-state index contributed by atoms with van der Waals surface area (Å²) in [5.74, 6) is 0.437. The number of aryl methyl sites for hydroxylation is 2. The van der Waals surface area contributed by atoms with Crippen LogP contribution >= 0.6 is 0 Å². The molecule has 1 aromatic carbocycles. The summed E-state index contributed by atoms with van der Waals surface area (Å²) in [4.78, 5) is 0. The van der Waals surface area contributed by atoms with Gasteiger partial charge in [0.1, 0.15) is 0 Å². The molecule has 0 spiro atoms. The van der Waals surface area contributed by atoms with Crippen molar-refractivity contribution >= 4 is 0 Å². The molecule has 0 radical (unpaired) electrons. The molecule has 0 bridgehead atoms. The highest BCUT2D eigenvalue weighted by Gasteiger charge is 2.38. The zero-order valence-electron chi connectivity index (χ0n) is 10.6. The summed E-state index contributed by atoms with van der Waals surface area (Å²) in [6.45, 7) is 6.47. The maximum absolute atomic E-state index is 10.7. The van der Waals surface area contributed by atoms with E-state index < -0.39 is 5.60 Å². The molecule has 1 aliphatic rings. The Labute approximate surface area is 98.5 Å². The molecule has 1 aromatic rings. The molecule has 1 aliphatic carbocycles. The minimum absolute atomic E-state index is 0.437. The van der Waals surface area contributed by atoms with Crippen LogP contribution in [0.3, 0.4) is 0 Å². The second-order valence-electron chi connectivity index (χ2n) is 5.44. The fourth-order valence-corrected chi connectivity index (χ4v) is 2.93. The van der Waals surface area contributed by atoms with Gasteiger partial charge in [-0.3, -0.25) is 0 Å². The fourth-order valence-electron chi connectivity index (χ4n) is 2.93. The summed E-state index contributed by atoms with van der Waals surface area (Å²) < 4.78 is 0. The van der Waals surface area contributed by atoms with Gasteiger partial charge in [-0.1, -0.05) is 31.5 Å². The van der Waals surface area contributed by atoms with E-state index in [9.17, 15) is 5.11 Å². The Bertz CT molecular complexity index is 363. The first-order valence-corrected chi connectivity index (χ1v) is 6.30. The van der Waals surface area contributed by atoms with Gasteiger partial charge in [0.15, 0.2) is 0 Å². The van der Waals surface area contributed by atoms with E-state index in [0.29, 0.717) is 5.92 Å². The number of rotatable bonds is 2. The van der Waals surface area contributed by atoms with Gasteiger partial charge in [0, 0.05) is 6.42 Å². The first-order valence-electron chi connectivity index (χ1n) is 6.30. The molecule has 1 N–H and O–H groups in total. The molecule has 1 fully saturated rings. The van der Waals surface area contributed by atoms with Crippen molar-refractivity contribution in [1.29, 1.82) is 0 Å². The maximum atomic E-state index is 10.7. The van der Waals surface area contributed by atoms with E-state index in [1.165, 1.54) is 29.5 Å². The fraction of sp³-hybridized carbons (Fsp3) is 0.600. The van der Waals surface area contributed by atoms with Crippen LogP contribution in [0.15, 0.2) is 18.2 Å². The van der Waals surface area contributed by atoms with Crippen molar-refractivity contribution in [2.45, 2.75) is 52.1 Å². The van der Waals surface area contributed by atoms with Gasteiger partial charge in [-0.15, -0.1) is 0 Å². The van der Waals surface area contributed by atoms with Crippen molar-refractivity contribution in [3.8, 4) is 0 Å². The van der Waals surface area contributed by atoms with E-state index in [1.807, 2.05) is 0 Å². The Kier molecular flexibility index (Phi) is 3.07. The SMILES string of the molecule is Cc1cccc(C)c1CC1(O)CCCC1C. The second kappa shape index (κ2) is 4.21. The lowest BCUT2D eigenvalue weighted by molar-refractivity contribution is 0.00933. The average Bonchev–Trinajstić information content (AvgIpc) is 2.54. The summed E-state index contributed by atoms with van der Waals surface area (Å²) in [6.07, 6.45) is 4.12. The first-order chi connectivity index (χ1) is 7.53. The normalized spacial score (nSPS) is 29.6. The Hall–Kier alpha value is -0.820. The third-order valence-electron chi connectivity index (χ3n) is 4.29. The Morgan fingerprint density at radius 1 is 1.31 bits per heavy atom. The molecule has 0 saturated heterocycles. The van der Waals surface area contributed by atoms with E-state index in [2.05, 4.69) is 39.0 Å². The quantitative estimate of drug-likeness (QED) is 0.806. The van der Waals surface area contributed by atoms with Crippen LogP contribution in [0.5, 0.6) is 0 Å². The summed E-state index contributed by atoms with van der Waals surface area (Å²) >= 11 is 0. The highest BCUT2D eigenvalue weighted by molar-refractivity contribution is 5.35.